The van der Waals surface area contributed by atoms with Crippen molar-refractivity contribution in [1.82, 2.24) is 10.3 Å². The van der Waals surface area contributed by atoms with E-state index in [0.717, 1.165) is 44.8 Å². The fraction of sp³-hybridized carbons (Fsp3) is 0.222. The van der Waals surface area contributed by atoms with Gasteiger partial charge in [0, 0.05) is 36.0 Å². The lowest BCUT2D eigenvalue weighted by molar-refractivity contribution is -0.121. The number of rotatable bonds is 9. The lowest BCUT2D eigenvalue weighted by Gasteiger charge is -2.18. The van der Waals surface area contributed by atoms with Gasteiger partial charge in [-0.3, -0.25) is 4.79 Å². The van der Waals surface area contributed by atoms with Crippen molar-refractivity contribution in [1.29, 1.82) is 0 Å². The second-order valence-electron chi connectivity index (χ2n) is 7.78. The zero-order chi connectivity index (χ0) is 23.2. The Morgan fingerprint density at radius 3 is 2.18 bits per heavy atom. The predicted molar refractivity (Wildman–Crippen MR) is 129 cm³/mol. The van der Waals surface area contributed by atoms with Crippen LogP contribution in [0.1, 0.15) is 29.0 Å². The van der Waals surface area contributed by atoms with Gasteiger partial charge in [-0.25, -0.2) is 0 Å². The highest BCUT2D eigenvalue weighted by atomic mass is 16.5. The molecule has 0 fully saturated rings. The van der Waals surface area contributed by atoms with Crippen LogP contribution in [0.15, 0.2) is 72.9 Å². The maximum absolute atomic E-state index is 13.0. The normalized spacial score (nSPS) is 11.7. The van der Waals surface area contributed by atoms with Gasteiger partial charge in [0.15, 0.2) is 0 Å². The molecule has 170 valence electrons. The molecule has 0 aliphatic rings. The number of aromatic amines is 1. The first kappa shape index (κ1) is 22.3. The summed E-state index contributed by atoms with van der Waals surface area (Å²) >= 11 is 0. The molecule has 1 aromatic heterocycles. The molecule has 4 aromatic rings. The van der Waals surface area contributed by atoms with Crippen LogP contribution in [0.5, 0.6) is 17.2 Å². The zero-order valence-corrected chi connectivity index (χ0v) is 19.1. The van der Waals surface area contributed by atoms with E-state index >= 15 is 0 Å². The summed E-state index contributed by atoms with van der Waals surface area (Å²) < 4.78 is 16.1. The van der Waals surface area contributed by atoms with Gasteiger partial charge in [0.2, 0.25) is 5.91 Å². The average Bonchev–Trinajstić information content (AvgIpc) is 3.30. The molecule has 6 nitrogen and oxygen atoms in total. The number of fused-ring (bicyclic) bond motifs is 1. The van der Waals surface area contributed by atoms with Crippen LogP contribution in [0.25, 0.3) is 10.9 Å². The summed E-state index contributed by atoms with van der Waals surface area (Å²) in [6.45, 7) is 0.454. The number of nitrogens with one attached hydrogen (secondary N) is 2. The monoisotopic (exact) mass is 444 g/mol. The van der Waals surface area contributed by atoms with Crippen LogP contribution in [-0.4, -0.2) is 32.2 Å². The van der Waals surface area contributed by atoms with Crippen molar-refractivity contribution in [2.45, 2.75) is 18.9 Å². The van der Waals surface area contributed by atoms with Gasteiger partial charge in [-0.2, -0.15) is 0 Å². The minimum absolute atomic E-state index is 0.0316. The molecule has 1 atom stereocenters. The Morgan fingerprint density at radius 2 is 1.55 bits per heavy atom. The molecule has 0 bridgehead atoms. The lowest BCUT2D eigenvalue weighted by Crippen LogP contribution is -2.25. The van der Waals surface area contributed by atoms with Gasteiger partial charge in [0.25, 0.3) is 0 Å². The molecule has 0 spiro atoms. The van der Waals surface area contributed by atoms with Crippen molar-refractivity contribution >= 4 is 16.8 Å². The van der Waals surface area contributed by atoms with Crippen LogP contribution >= 0.6 is 0 Å². The highest BCUT2D eigenvalue weighted by Crippen LogP contribution is 2.38. The number of carbonyl (C=O) groups is 1. The third-order valence-corrected chi connectivity index (χ3v) is 5.85. The van der Waals surface area contributed by atoms with E-state index in [4.69, 9.17) is 14.2 Å². The Balaban J connectivity index is 1.61. The quantitative estimate of drug-likeness (QED) is 0.380. The highest BCUT2D eigenvalue weighted by molar-refractivity contribution is 5.91. The van der Waals surface area contributed by atoms with Crippen LogP contribution in [0.2, 0.25) is 0 Å². The van der Waals surface area contributed by atoms with E-state index in [1.807, 2.05) is 72.9 Å². The van der Waals surface area contributed by atoms with E-state index in [0.29, 0.717) is 13.0 Å². The Hall–Kier alpha value is -3.93. The molecule has 1 heterocycles. The number of benzene rings is 3. The topological polar surface area (TPSA) is 72.6 Å². The Bertz CT molecular complexity index is 1210. The minimum Gasteiger partial charge on any atom is -0.497 e. The van der Waals surface area contributed by atoms with E-state index in [9.17, 15) is 4.79 Å². The van der Waals surface area contributed by atoms with E-state index in [2.05, 4.69) is 10.3 Å². The summed E-state index contributed by atoms with van der Waals surface area (Å²) in [6, 6.07) is 21.4. The molecule has 4 rings (SSSR count). The molecular formula is C27H28N2O4. The van der Waals surface area contributed by atoms with Crippen LogP contribution in [0.4, 0.5) is 0 Å². The molecule has 3 aromatic carbocycles. The van der Waals surface area contributed by atoms with Crippen molar-refractivity contribution in [3.8, 4) is 17.2 Å². The molecule has 2 N–H and O–H groups in total. The first-order valence-corrected chi connectivity index (χ1v) is 10.8. The standard InChI is InChI=1S/C27H28N2O4/c1-31-20-11-7-18(8-12-20)16-29-26(30)15-22(19-9-13-21(32-2)14-10-19)23-17-28-24-5-4-6-25(33-3)27(23)24/h4-14,17,22,28H,15-16H2,1-3H3,(H,29,30)/t22-/m0/s1. The number of amides is 1. The summed E-state index contributed by atoms with van der Waals surface area (Å²) in [6.07, 6.45) is 2.27. The smallest absolute Gasteiger partial charge is 0.221 e. The van der Waals surface area contributed by atoms with Crippen molar-refractivity contribution in [3.63, 3.8) is 0 Å². The van der Waals surface area contributed by atoms with Gasteiger partial charge in [0.05, 0.1) is 21.3 Å². The summed E-state index contributed by atoms with van der Waals surface area (Å²) in [5.74, 6) is 2.16. The van der Waals surface area contributed by atoms with Crippen LogP contribution in [-0.2, 0) is 11.3 Å². The third-order valence-electron chi connectivity index (χ3n) is 5.85. The summed E-state index contributed by atoms with van der Waals surface area (Å²) in [5, 5.41) is 4.04. The van der Waals surface area contributed by atoms with Crippen molar-refractivity contribution < 1.29 is 19.0 Å². The van der Waals surface area contributed by atoms with E-state index in [1.165, 1.54) is 0 Å². The maximum atomic E-state index is 13.0. The van der Waals surface area contributed by atoms with Gasteiger partial charge in [0.1, 0.15) is 17.2 Å². The predicted octanol–water partition coefficient (Wildman–Crippen LogP) is 5.03. The molecule has 0 saturated carbocycles. The van der Waals surface area contributed by atoms with Crippen molar-refractivity contribution in [2.24, 2.45) is 0 Å². The molecule has 0 aliphatic carbocycles. The van der Waals surface area contributed by atoms with Gasteiger partial charge < -0.3 is 24.5 Å². The molecule has 0 unspecified atom stereocenters. The molecule has 0 saturated heterocycles. The summed E-state index contributed by atoms with van der Waals surface area (Å²) in [5.41, 5.74) is 4.04. The summed E-state index contributed by atoms with van der Waals surface area (Å²) in [4.78, 5) is 16.4. The van der Waals surface area contributed by atoms with Crippen molar-refractivity contribution in [3.05, 3.63) is 89.6 Å². The number of hydrogen-bond acceptors (Lipinski definition) is 4. The number of hydrogen-bond donors (Lipinski definition) is 2. The van der Waals surface area contributed by atoms with E-state index in [1.54, 1.807) is 21.3 Å². The van der Waals surface area contributed by atoms with Gasteiger partial charge >= 0.3 is 0 Å². The van der Waals surface area contributed by atoms with Crippen LogP contribution in [0, 0.1) is 0 Å². The van der Waals surface area contributed by atoms with E-state index in [-0.39, 0.29) is 11.8 Å². The van der Waals surface area contributed by atoms with Gasteiger partial charge in [-0.1, -0.05) is 30.3 Å². The number of aromatic nitrogens is 1. The number of ether oxygens (including phenoxy) is 3. The maximum Gasteiger partial charge on any atom is 0.221 e. The second-order valence-corrected chi connectivity index (χ2v) is 7.78. The molecular weight excluding hydrogens is 416 g/mol. The number of H-pyrrole nitrogens is 1. The van der Waals surface area contributed by atoms with Gasteiger partial charge in [-0.05, 0) is 53.1 Å². The largest absolute Gasteiger partial charge is 0.497 e. The molecule has 33 heavy (non-hydrogen) atoms. The summed E-state index contributed by atoms with van der Waals surface area (Å²) in [7, 11) is 4.94. The second kappa shape index (κ2) is 10.1. The van der Waals surface area contributed by atoms with Crippen molar-refractivity contribution in [2.75, 3.05) is 21.3 Å². The fourth-order valence-corrected chi connectivity index (χ4v) is 4.07. The third kappa shape index (κ3) is 4.95. The first-order valence-electron chi connectivity index (χ1n) is 10.8. The molecule has 0 aliphatic heterocycles. The zero-order valence-electron chi connectivity index (χ0n) is 19.1. The molecule has 6 heteroatoms. The van der Waals surface area contributed by atoms with E-state index < -0.39 is 0 Å². The fourth-order valence-electron chi connectivity index (χ4n) is 4.07. The van der Waals surface area contributed by atoms with Crippen LogP contribution in [0.3, 0.4) is 0 Å². The number of carbonyl (C=O) groups excluding carboxylic acids is 1. The Kier molecular flexibility index (Phi) is 6.83. The minimum atomic E-state index is -0.156. The lowest BCUT2D eigenvalue weighted by atomic mass is 9.87. The van der Waals surface area contributed by atoms with Crippen LogP contribution < -0.4 is 19.5 Å². The molecule has 1 amide bonds. The number of methoxy groups -OCH3 is 3. The molecule has 0 radical (unpaired) electrons. The van der Waals surface area contributed by atoms with Gasteiger partial charge in [-0.15, -0.1) is 0 Å². The highest BCUT2D eigenvalue weighted by Gasteiger charge is 2.23. The SMILES string of the molecule is COc1ccc(CNC(=O)C[C@@H](c2ccc(OC)cc2)c2c[nH]c3cccc(OC)c23)cc1. The average molecular weight is 445 g/mol. The Morgan fingerprint density at radius 1 is 0.879 bits per heavy atom. The Labute approximate surface area is 193 Å². The first-order chi connectivity index (χ1) is 16.1.